The molecule has 0 aliphatic carbocycles. The zero-order valence-electron chi connectivity index (χ0n) is 7.28. The molecule has 0 unspecified atom stereocenters. The zero-order chi connectivity index (χ0) is 9.68. The normalized spacial score (nSPS) is 9.69. The first kappa shape index (κ1) is 10.0. The van der Waals surface area contributed by atoms with Crippen molar-refractivity contribution in [3.63, 3.8) is 0 Å². The maximum absolute atomic E-state index is 11.0. The lowest BCUT2D eigenvalue weighted by Gasteiger charge is -1.98. The first-order valence-corrected chi connectivity index (χ1v) is 4.60. The summed E-state index contributed by atoms with van der Waals surface area (Å²) in [5.41, 5.74) is 5.26. The third kappa shape index (κ3) is 2.71. The highest BCUT2D eigenvalue weighted by atomic mass is 32.1. The number of nitrogens with two attached hydrogens (primary N) is 1. The van der Waals surface area contributed by atoms with E-state index in [0.717, 1.165) is 0 Å². The predicted molar refractivity (Wildman–Crippen MR) is 50.2 cm³/mol. The fourth-order valence-electron chi connectivity index (χ4n) is 0.768. The van der Waals surface area contributed by atoms with E-state index in [1.807, 2.05) is 0 Å². The number of rotatable bonds is 4. The minimum atomic E-state index is -0.340. The molecule has 1 aromatic heterocycles. The van der Waals surface area contributed by atoms with Crippen LogP contribution in [0.1, 0.15) is 9.67 Å². The summed E-state index contributed by atoms with van der Waals surface area (Å²) >= 11 is 1.25. The molecule has 0 aliphatic heterocycles. The van der Waals surface area contributed by atoms with Crippen LogP contribution in [0.3, 0.4) is 0 Å². The largest absolute Gasteiger partial charge is 0.483 e. The topological polar surface area (TPSA) is 61.5 Å². The number of methoxy groups -OCH3 is 1. The standard InChI is InChI=1S/C8H11NO3S/c1-11-8(10)6-2-3-7(13-6)12-5-4-9/h2-3H,4-5,9H2,1H3. The lowest BCUT2D eigenvalue weighted by Crippen LogP contribution is -2.09. The van der Waals surface area contributed by atoms with E-state index in [1.54, 1.807) is 12.1 Å². The van der Waals surface area contributed by atoms with E-state index in [-0.39, 0.29) is 5.97 Å². The molecule has 0 aliphatic rings. The van der Waals surface area contributed by atoms with Gasteiger partial charge >= 0.3 is 5.97 Å². The van der Waals surface area contributed by atoms with Gasteiger partial charge in [-0.15, -0.1) is 0 Å². The second kappa shape index (κ2) is 4.84. The van der Waals surface area contributed by atoms with Gasteiger partial charge in [0.15, 0.2) is 5.06 Å². The second-order valence-corrected chi connectivity index (χ2v) is 3.29. The Hall–Kier alpha value is -1.07. The number of hydrogen-bond donors (Lipinski definition) is 1. The summed E-state index contributed by atoms with van der Waals surface area (Å²) in [5.74, 6) is -0.340. The lowest BCUT2D eigenvalue weighted by atomic mass is 10.5. The molecule has 2 N–H and O–H groups in total. The number of thiophene rings is 1. The van der Waals surface area contributed by atoms with Crippen molar-refractivity contribution in [3.05, 3.63) is 17.0 Å². The molecular formula is C8H11NO3S. The van der Waals surface area contributed by atoms with Crippen molar-refractivity contribution in [1.29, 1.82) is 0 Å². The first-order valence-electron chi connectivity index (χ1n) is 3.79. The molecule has 0 amide bonds. The first-order chi connectivity index (χ1) is 6.27. The predicted octanol–water partition coefficient (Wildman–Crippen LogP) is 0.872. The van der Waals surface area contributed by atoms with Gasteiger partial charge in [-0.05, 0) is 12.1 Å². The number of carbonyl (C=O) groups excluding carboxylic acids is 1. The van der Waals surface area contributed by atoms with Crippen molar-refractivity contribution in [2.24, 2.45) is 5.73 Å². The van der Waals surface area contributed by atoms with E-state index in [0.29, 0.717) is 23.1 Å². The van der Waals surface area contributed by atoms with Gasteiger partial charge in [0, 0.05) is 6.54 Å². The van der Waals surface area contributed by atoms with Gasteiger partial charge in [0.2, 0.25) is 0 Å². The molecule has 1 rings (SSSR count). The van der Waals surface area contributed by atoms with Crippen molar-refractivity contribution in [2.75, 3.05) is 20.3 Å². The fourth-order valence-corrected chi connectivity index (χ4v) is 1.57. The van der Waals surface area contributed by atoms with E-state index < -0.39 is 0 Å². The molecule has 0 radical (unpaired) electrons. The second-order valence-electron chi connectivity index (χ2n) is 2.25. The molecule has 0 saturated heterocycles. The highest BCUT2D eigenvalue weighted by Crippen LogP contribution is 2.24. The quantitative estimate of drug-likeness (QED) is 0.734. The van der Waals surface area contributed by atoms with Crippen LogP contribution >= 0.6 is 11.3 Å². The summed E-state index contributed by atoms with van der Waals surface area (Å²) in [7, 11) is 1.35. The Morgan fingerprint density at radius 3 is 3.00 bits per heavy atom. The lowest BCUT2D eigenvalue weighted by molar-refractivity contribution is 0.0606. The molecule has 0 atom stereocenters. The monoisotopic (exact) mass is 201 g/mol. The Morgan fingerprint density at radius 2 is 2.38 bits per heavy atom. The van der Waals surface area contributed by atoms with Crippen LogP contribution in [0.15, 0.2) is 12.1 Å². The molecular weight excluding hydrogens is 190 g/mol. The minimum absolute atomic E-state index is 0.340. The molecule has 13 heavy (non-hydrogen) atoms. The van der Waals surface area contributed by atoms with E-state index >= 15 is 0 Å². The van der Waals surface area contributed by atoms with Gasteiger partial charge in [-0.25, -0.2) is 4.79 Å². The summed E-state index contributed by atoms with van der Waals surface area (Å²) in [6, 6.07) is 3.40. The third-order valence-electron chi connectivity index (χ3n) is 1.33. The number of ether oxygens (including phenoxy) is 2. The Balaban J connectivity index is 2.58. The van der Waals surface area contributed by atoms with Crippen LogP contribution in [-0.4, -0.2) is 26.2 Å². The van der Waals surface area contributed by atoms with Gasteiger partial charge in [0.05, 0.1) is 7.11 Å². The van der Waals surface area contributed by atoms with Crippen LogP contribution in [-0.2, 0) is 4.74 Å². The zero-order valence-corrected chi connectivity index (χ0v) is 8.10. The Morgan fingerprint density at radius 1 is 1.62 bits per heavy atom. The molecule has 0 bridgehead atoms. The summed E-state index contributed by atoms with van der Waals surface area (Å²) in [5, 5.41) is 0.686. The molecule has 5 heteroatoms. The summed E-state index contributed by atoms with van der Waals surface area (Å²) in [4.78, 5) is 11.5. The smallest absolute Gasteiger partial charge is 0.348 e. The van der Waals surface area contributed by atoms with Crippen LogP contribution in [0.25, 0.3) is 0 Å². The van der Waals surface area contributed by atoms with Crippen molar-refractivity contribution in [1.82, 2.24) is 0 Å². The van der Waals surface area contributed by atoms with Gasteiger partial charge in [0.25, 0.3) is 0 Å². The summed E-state index contributed by atoms with van der Waals surface area (Å²) < 4.78 is 9.76. The molecule has 1 heterocycles. The number of carbonyl (C=O) groups is 1. The van der Waals surface area contributed by atoms with Crippen LogP contribution in [0, 0.1) is 0 Å². The van der Waals surface area contributed by atoms with Gasteiger partial charge in [-0.2, -0.15) is 0 Å². The van der Waals surface area contributed by atoms with Gasteiger partial charge in [-0.1, -0.05) is 11.3 Å². The molecule has 0 saturated carbocycles. The Bertz CT molecular complexity index is 285. The maximum atomic E-state index is 11.0. The van der Waals surface area contributed by atoms with Crippen molar-refractivity contribution >= 4 is 17.3 Å². The molecule has 1 aromatic rings. The molecule has 0 spiro atoms. The van der Waals surface area contributed by atoms with Crippen molar-refractivity contribution < 1.29 is 14.3 Å². The van der Waals surface area contributed by atoms with Crippen LogP contribution in [0.4, 0.5) is 0 Å². The van der Waals surface area contributed by atoms with E-state index in [1.165, 1.54) is 18.4 Å². The average molecular weight is 201 g/mol. The van der Waals surface area contributed by atoms with E-state index in [9.17, 15) is 4.79 Å². The van der Waals surface area contributed by atoms with Gasteiger partial charge in [0.1, 0.15) is 11.5 Å². The van der Waals surface area contributed by atoms with Crippen LogP contribution < -0.4 is 10.5 Å². The summed E-state index contributed by atoms with van der Waals surface area (Å²) in [6.45, 7) is 0.923. The minimum Gasteiger partial charge on any atom is -0.483 e. The number of hydrogen-bond acceptors (Lipinski definition) is 5. The highest BCUT2D eigenvalue weighted by molar-refractivity contribution is 7.15. The molecule has 4 nitrogen and oxygen atoms in total. The third-order valence-corrected chi connectivity index (χ3v) is 2.31. The van der Waals surface area contributed by atoms with Crippen LogP contribution in [0.2, 0.25) is 0 Å². The Kier molecular flexibility index (Phi) is 3.72. The van der Waals surface area contributed by atoms with E-state index in [2.05, 4.69) is 4.74 Å². The summed E-state index contributed by atoms with van der Waals surface area (Å²) in [6.07, 6.45) is 0. The molecule has 0 aromatic carbocycles. The average Bonchev–Trinajstić information content (AvgIpc) is 2.62. The molecule has 72 valence electrons. The van der Waals surface area contributed by atoms with Gasteiger partial charge < -0.3 is 15.2 Å². The number of esters is 1. The molecule has 0 fully saturated rings. The van der Waals surface area contributed by atoms with Crippen molar-refractivity contribution in [2.45, 2.75) is 0 Å². The Labute approximate surface area is 80.3 Å². The van der Waals surface area contributed by atoms with Gasteiger partial charge in [-0.3, -0.25) is 0 Å². The highest BCUT2D eigenvalue weighted by Gasteiger charge is 2.08. The van der Waals surface area contributed by atoms with Crippen molar-refractivity contribution in [3.8, 4) is 5.06 Å². The fraction of sp³-hybridized carbons (Fsp3) is 0.375. The SMILES string of the molecule is COC(=O)c1ccc(OCCN)s1. The van der Waals surface area contributed by atoms with Crippen LogP contribution in [0.5, 0.6) is 5.06 Å². The van der Waals surface area contributed by atoms with E-state index in [4.69, 9.17) is 10.5 Å². The maximum Gasteiger partial charge on any atom is 0.348 e.